The number of phosphoric acid groups is 2. The van der Waals surface area contributed by atoms with Crippen LogP contribution in [0.3, 0.4) is 0 Å². The summed E-state index contributed by atoms with van der Waals surface area (Å²) in [6.07, 6.45) is -10.9. The van der Waals surface area contributed by atoms with E-state index < -0.39 is 89.8 Å². The quantitative estimate of drug-likeness (QED) is 0.124. The molecule has 0 spiro atoms. The van der Waals surface area contributed by atoms with E-state index in [1.54, 1.807) is 0 Å². The van der Waals surface area contributed by atoms with Gasteiger partial charge >= 0.3 is 15.6 Å². The standard InChI is InChI=1S/C21H28N10O13P2/c1-6-9-15(27-20(22)26-6)30(4-24-9)18-11(32)13-7(41-18)2-39-46(37,38)44-14-8(3-40-45(35,36)43-13)42-19(12(14)33)31-5-25-10-16(31)28-21(23)29-17(10)34/h4-5,7-8,11-14,18-20,26-27,32-33H,1-3,22H2,(H,35,36)(H,37,38)(H3,23,28,29,34)/t7-,8-,11+,12?,13?,14+,18-,19-,20?/m1/s1. The van der Waals surface area contributed by atoms with Crippen molar-refractivity contribution in [1.29, 1.82) is 0 Å². The van der Waals surface area contributed by atoms with E-state index in [-0.39, 0.29) is 17.1 Å². The third kappa shape index (κ3) is 5.44. The van der Waals surface area contributed by atoms with Crippen LogP contribution in [0.15, 0.2) is 24.0 Å². The van der Waals surface area contributed by atoms with E-state index in [1.165, 1.54) is 10.9 Å². The molecule has 0 radical (unpaired) electrons. The number of rotatable bonds is 2. The second-order valence-electron chi connectivity index (χ2n) is 10.6. The Morgan fingerprint density at radius 2 is 1.50 bits per heavy atom. The molecule has 3 aromatic heterocycles. The lowest BCUT2D eigenvalue weighted by Crippen LogP contribution is -2.46. The zero-order chi connectivity index (χ0) is 32.7. The summed E-state index contributed by atoms with van der Waals surface area (Å²) in [5.74, 6) is 0.0247. The molecule has 0 amide bonds. The number of hydrogen-bond donors (Lipinski definition) is 9. The number of H-pyrrole nitrogens is 1. The van der Waals surface area contributed by atoms with Gasteiger partial charge in [-0.15, -0.1) is 0 Å². The van der Waals surface area contributed by atoms with Crippen molar-refractivity contribution in [3.05, 3.63) is 35.3 Å². The number of imidazole rings is 2. The first-order valence-corrected chi connectivity index (χ1v) is 16.5. The van der Waals surface area contributed by atoms with Gasteiger partial charge in [-0.1, -0.05) is 6.58 Å². The highest BCUT2D eigenvalue weighted by Gasteiger charge is 2.54. The molecule has 3 fully saturated rings. The Kier molecular flexibility index (Phi) is 7.60. The lowest BCUT2D eigenvalue weighted by atomic mass is 10.1. The molecule has 11 atom stereocenters. The minimum atomic E-state index is -5.06. The lowest BCUT2D eigenvalue weighted by molar-refractivity contribution is -0.0666. The number of ether oxygens (including phenoxy) is 2. The summed E-state index contributed by atoms with van der Waals surface area (Å²) in [4.78, 5) is 47.9. The predicted octanol–water partition coefficient (Wildman–Crippen LogP) is -2.64. The van der Waals surface area contributed by atoms with E-state index in [1.807, 2.05) is 0 Å². The first kappa shape index (κ1) is 31.3. The number of aliphatic hydroxyl groups excluding tert-OH is 2. The molecule has 4 aliphatic heterocycles. The normalized spacial score (nSPS) is 39.8. The highest BCUT2D eigenvalue weighted by molar-refractivity contribution is 7.47. The minimum absolute atomic E-state index is 0.103. The molecule has 23 nitrogen and oxygen atoms in total. The van der Waals surface area contributed by atoms with Crippen molar-refractivity contribution in [3.8, 4) is 0 Å². The number of aliphatic hydroxyl groups is 2. The zero-order valence-corrected chi connectivity index (χ0v) is 25.0. The third-order valence-electron chi connectivity index (χ3n) is 7.63. The van der Waals surface area contributed by atoms with Crippen LogP contribution < -0.4 is 27.7 Å². The van der Waals surface area contributed by atoms with Crippen LogP contribution in [0.2, 0.25) is 0 Å². The molecule has 25 heteroatoms. The van der Waals surface area contributed by atoms with Crippen molar-refractivity contribution in [1.82, 2.24) is 34.4 Å². The molecule has 3 aromatic rings. The fourth-order valence-electron chi connectivity index (χ4n) is 5.62. The fourth-order valence-corrected chi connectivity index (χ4v) is 7.55. The number of nitrogens with two attached hydrogens (primary N) is 2. The number of anilines is 2. The SMILES string of the molecule is C=C1NC(N)Nc2c1ncn2[C@@H]1O[C@@H]2COP(=O)(O)O[C@@H]3C(O)[C@H](n4cnc5c(=O)[nH]c(N)nc54)O[C@@H]3COP(=O)(O)OC2[C@@H]1O. The number of phosphoric ester groups is 2. The van der Waals surface area contributed by atoms with Crippen molar-refractivity contribution < 1.29 is 56.7 Å². The number of aromatic nitrogens is 6. The summed E-state index contributed by atoms with van der Waals surface area (Å²) in [5.41, 5.74) is 11.3. The number of aromatic amines is 1. The fraction of sp³-hybridized carbons (Fsp3) is 0.524. The van der Waals surface area contributed by atoms with E-state index in [0.717, 1.165) is 10.9 Å². The van der Waals surface area contributed by atoms with Crippen LogP contribution in [0.25, 0.3) is 16.9 Å². The van der Waals surface area contributed by atoms with Crippen molar-refractivity contribution in [3.63, 3.8) is 0 Å². The van der Waals surface area contributed by atoms with Gasteiger partial charge in [-0.2, -0.15) is 4.98 Å². The Balaban J connectivity index is 1.16. The van der Waals surface area contributed by atoms with Crippen LogP contribution >= 0.6 is 15.6 Å². The predicted molar refractivity (Wildman–Crippen MR) is 150 cm³/mol. The van der Waals surface area contributed by atoms with Crippen molar-refractivity contribution in [2.45, 2.75) is 55.4 Å². The van der Waals surface area contributed by atoms with Gasteiger partial charge in [0.05, 0.1) is 31.6 Å². The average Bonchev–Trinajstić information content (AvgIpc) is 3.72. The first-order chi connectivity index (χ1) is 21.7. The number of nitrogens with one attached hydrogen (secondary N) is 3. The van der Waals surface area contributed by atoms with Gasteiger partial charge in [0.1, 0.15) is 48.1 Å². The van der Waals surface area contributed by atoms with Crippen LogP contribution in [0, 0.1) is 0 Å². The second kappa shape index (κ2) is 11.2. The Hall–Kier alpha value is -3.28. The molecule has 46 heavy (non-hydrogen) atoms. The van der Waals surface area contributed by atoms with Gasteiger partial charge in [-0.3, -0.25) is 42.7 Å². The lowest BCUT2D eigenvalue weighted by Gasteiger charge is -2.28. The molecular formula is C21H28N10O13P2. The van der Waals surface area contributed by atoms with Gasteiger partial charge in [-0.25, -0.2) is 19.1 Å². The molecule has 0 bridgehead atoms. The maximum atomic E-state index is 13.1. The van der Waals surface area contributed by atoms with Gasteiger partial charge in [0.2, 0.25) is 5.95 Å². The second-order valence-corrected chi connectivity index (χ2v) is 13.5. The van der Waals surface area contributed by atoms with Crippen LogP contribution in [0.4, 0.5) is 11.8 Å². The highest BCUT2D eigenvalue weighted by Crippen LogP contribution is 2.53. The molecule has 7 heterocycles. The summed E-state index contributed by atoms with van der Waals surface area (Å²) < 4.78 is 61.2. The zero-order valence-electron chi connectivity index (χ0n) is 23.2. The number of hydrogen-bond acceptors (Lipinski definition) is 18. The van der Waals surface area contributed by atoms with Crippen molar-refractivity contribution in [2.75, 3.05) is 24.3 Å². The monoisotopic (exact) mass is 690 g/mol. The Morgan fingerprint density at radius 3 is 2.11 bits per heavy atom. The average molecular weight is 690 g/mol. The highest BCUT2D eigenvalue weighted by atomic mass is 31.2. The maximum Gasteiger partial charge on any atom is 0.472 e. The molecule has 250 valence electrons. The van der Waals surface area contributed by atoms with Gasteiger partial charge < -0.3 is 45.8 Å². The molecule has 3 saturated heterocycles. The van der Waals surface area contributed by atoms with Crippen molar-refractivity contribution in [2.24, 2.45) is 5.73 Å². The van der Waals surface area contributed by atoms with Gasteiger partial charge in [0.25, 0.3) is 5.56 Å². The Morgan fingerprint density at radius 1 is 0.935 bits per heavy atom. The largest absolute Gasteiger partial charge is 0.472 e. The summed E-state index contributed by atoms with van der Waals surface area (Å²) in [6.45, 7) is 2.20. The molecule has 11 N–H and O–H groups in total. The van der Waals surface area contributed by atoms with E-state index >= 15 is 0 Å². The van der Waals surface area contributed by atoms with E-state index in [2.05, 4.69) is 37.1 Å². The number of nitrogen functional groups attached to an aromatic ring is 1. The van der Waals surface area contributed by atoms with Crippen LogP contribution in [-0.2, 0) is 36.7 Å². The van der Waals surface area contributed by atoms with Gasteiger partial charge in [0.15, 0.2) is 29.9 Å². The Labute approximate surface area is 256 Å². The molecular weight excluding hydrogens is 662 g/mol. The molecule has 0 saturated carbocycles. The van der Waals surface area contributed by atoms with Crippen LogP contribution in [-0.4, -0.2) is 105 Å². The van der Waals surface area contributed by atoms with Crippen LogP contribution in [0.1, 0.15) is 18.1 Å². The summed E-state index contributed by atoms with van der Waals surface area (Å²) in [7, 11) is -10.1. The molecule has 0 aliphatic carbocycles. The minimum Gasteiger partial charge on any atom is -0.386 e. The smallest absolute Gasteiger partial charge is 0.386 e. The number of fused-ring (bicyclic) bond motifs is 4. The molecule has 0 aromatic carbocycles. The summed E-state index contributed by atoms with van der Waals surface area (Å²) in [6, 6.07) is 0. The Bertz CT molecular complexity index is 1850. The topological polar surface area (TPSA) is 328 Å². The summed E-state index contributed by atoms with van der Waals surface area (Å²) in [5, 5.41) is 28.1. The van der Waals surface area contributed by atoms with Crippen molar-refractivity contribution >= 4 is 44.3 Å². The third-order valence-corrected chi connectivity index (χ3v) is 9.60. The molecule has 7 rings (SSSR count). The van der Waals surface area contributed by atoms with Gasteiger partial charge in [0, 0.05) is 0 Å². The van der Waals surface area contributed by atoms with E-state index in [0.29, 0.717) is 17.2 Å². The summed E-state index contributed by atoms with van der Waals surface area (Å²) >= 11 is 0. The van der Waals surface area contributed by atoms with E-state index in [4.69, 9.17) is 39.0 Å². The molecule has 5 unspecified atom stereocenters. The maximum absolute atomic E-state index is 13.1. The first-order valence-electron chi connectivity index (χ1n) is 13.5. The van der Waals surface area contributed by atoms with Crippen LogP contribution in [0.5, 0.6) is 0 Å². The molecule has 4 aliphatic rings. The van der Waals surface area contributed by atoms with E-state index in [9.17, 15) is 33.9 Å². The van der Waals surface area contributed by atoms with Gasteiger partial charge in [-0.05, 0) is 0 Å². The number of nitrogens with zero attached hydrogens (tertiary/aromatic N) is 5.